The summed E-state index contributed by atoms with van der Waals surface area (Å²) < 4.78 is 54.3. The van der Waals surface area contributed by atoms with Crippen LogP contribution in [0.2, 0.25) is 0 Å². The lowest BCUT2D eigenvalue weighted by Crippen LogP contribution is -2.10. The van der Waals surface area contributed by atoms with Gasteiger partial charge in [0.05, 0.1) is 11.3 Å². The molecule has 0 saturated carbocycles. The normalized spacial score (nSPS) is 11.6. The Bertz CT molecular complexity index is 1380. The quantitative estimate of drug-likeness (QED) is 0.329. The van der Waals surface area contributed by atoms with Crippen molar-refractivity contribution in [3.8, 4) is 22.5 Å². The molecule has 8 heteroatoms. The van der Waals surface area contributed by atoms with Crippen LogP contribution in [0.25, 0.3) is 34.7 Å². The molecule has 1 aromatic heterocycles. The van der Waals surface area contributed by atoms with Crippen molar-refractivity contribution >= 4 is 18.1 Å². The lowest BCUT2D eigenvalue weighted by molar-refractivity contribution is -0.141. The van der Waals surface area contributed by atoms with Crippen LogP contribution >= 0.6 is 0 Å². The molecule has 0 saturated heterocycles. The first-order valence-electron chi connectivity index (χ1n) is 10.0. The number of nitrogens with zero attached hydrogens (tertiary/aromatic N) is 2. The number of carboxylic acids is 1. The van der Waals surface area contributed by atoms with Gasteiger partial charge < -0.3 is 5.11 Å². The molecule has 170 valence electrons. The summed E-state index contributed by atoms with van der Waals surface area (Å²) in [6.07, 6.45) is -1.56. The first kappa shape index (κ1) is 22.8. The number of hydrogen-bond acceptors (Lipinski definition) is 3. The van der Waals surface area contributed by atoms with Gasteiger partial charge in [-0.15, -0.1) is 0 Å². The van der Waals surface area contributed by atoms with Gasteiger partial charge in [-0.1, -0.05) is 60.7 Å². The Balaban J connectivity index is 1.78. The zero-order valence-electron chi connectivity index (χ0n) is 17.4. The van der Waals surface area contributed by atoms with Crippen molar-refractivity contribution in [2.24, 2.45) is 0 Å². The fraction of sp³-hybridized carbons (Fsp3) is 0.0385. The average molecular weight is 464 g/mol. The molecule has 0 spiro atoms. The minimum atomic E-state index is -4.68. The van der Waals surface area contributed by atoms with Gasteiger partial charge in [0, 0.05) is 5.56 Å². The second-order valence-corrected chi connectivity index (χ2v) is 7.32. The standard InChI is InChI=1S/C26H16F4N2O2/c27-22-12-10-18(14-21(22)25(33)34)17-7-4-8-19(13-17)24-31-20(15-23(32-24)26(28,29)30)11-9-16-5-2-1-3-6-16/h1-15H,(H,33,34)/b11-9+. The van der Waals surface area contributed by atoms with E-state index >= 15 is 0 Å². The van der Waals surface area contributed by atoms with Crippen LogP contribution in [0.4, 0.5) is 17.6 Å². The number of aromatic nitrogens is 2. The van der Waals surface area contributed by atoms with E-state index in [9.17, 15) is 22.4 Å². The van der Waals surface area contributed by atoms with Gasteiger partial charge >= 0.3 is 12.1 Å². The van der Waals surface area contributed by atoms with E-state index in [4.69, 9.17) is 5.11 Å². The molecule has 3 aromatic carbocycles. The maximum atomic E-state index is 13.8. The predicted molar refractivity (Wildman–Crippen MR) is 120 cm³/mol. The first-order valence-corrected chi connectivity index (χ1v) is 10.0. The molecule has 0 aliphatic rings. The zero-order valence-corrected chi connectivity index (χ0v) is 17.4. The summed E-state index contributed by atoms with van der Waals surface area (Å²) in [4.78, 5) is 19.2. The lowest BCUT2D eigenvalue weighted by Gasteiger charge is -2.11. The molecule has 4 aromatic rings. The van der Waals surface area contributed by atoms with E-state index in [1.54, 1.807) is 36.4 Å². The Kier molecular flexibility index (Phi) is 6.23. The van der Waals surface area contributed by atoms with E-state index in [-0.39, 0.29) is 11.5 Å². The van der Waals surface area contributed by atoms with Crippen molar-refractivity contribution < 1.29 is 27.5 Å². The molecular formula is C26H16F4N2O2. The SMILES string of the molecule is O=C(O)c1cc(-c2cccc(-c3nc(/C=C/c4ccccc4)cc(C(F)(F)F)n3)c2)ccc1F. The minimum Gasteiger partial charge on any atom is -0.478 e. The van der Waals surface area contributed by atoms with Gasteiger partial charge in [0.25, 0.3) is 0 Å². The van der Waals surface area contributed by atoms with Crippen LogP contribution in [0.3, 0.4) is 0 Å². The highest BCUT2D eigenvalue weighted by Gasteiger charge is 2.33. The first-order chi connectivity index (χ1) is 16.2. The minimum absolute atomic E-state index is 0.0709. The Morgan fingerprint density at radius 2 is 1.50 bits per heavy atom. The number of carbonyl (C=O) groups is 1. The Hall–Kier alpha value is -4.33. The smallest absolute Gasteiger partial charge is 0.433 e. The number of benzene rings is 3. The van der Waals surface area contributed by atoms with Crippen molar-refractivity contribution in [2.75, 3.05) is 0 Å². The van der Waals surface area contributed by atoms with Crippen LogP contribution in [0.5, 0.6) is 0 Å². The van der Waals surface area contributed by atoms with E-state index in [2.05, 4.69) is 9.97 Å². The maximum Gasteiger partial charge on any atom is 0.433 e. The van der Waals surface area contributed by atoms with Crippen LogP contribution in [0, 0.1) is 5.82 Å². The van der Waals surface area contributed by atoms with Crippen molar-refractivity contribution in [1.82, 2.24) is 9.97 Å². The average Bonchev–Trinajstić information content (AvgIpc) is 2.83. The Labute approximate surface area is 191 Å². The molecule has 0 aliphatic carbocycles. The summed E-state index contributed by atoms with van der Waals surface area (Å²) in [6, 6.07) is 19.8. The summed E-state index contributed by atoms with van der Waals surface area (Å²) in [6.45, 7) is 0. The number of alkyl halides is 3. The van der Waals surface area contributed by atoms with Crippen LogP contribution in [0.15, 0.2) is 78.9 Å². The molecule has 0 amide bonds. The van der Waals surface area contributed by atoms with E-state index in [0.717, 1.165) is 23.8 Å². The predicted octanol–water partition coefficient (Wildman–Crippen LogP) is 6.84. The molecule has 4 nitrogen and oxygen atoms in total. The second-order valence-electron chi connectivity index (χ2n) is 7.32. The molecule has 0 fully saturated rings. The van der Waals surface area contributed by atoms with Gasteiger partial charge in [-0.2, -0.15) is 13.2 Å². The summed E-state index contributed by atoms with van der Waals surface area (Å²) in [7, 11) is 0. The highest BCUT2D eigenvalue weighted by Crippen LogP contribution is 2.31. The fourth-order valence-electron chi connectivity index (χ4n) is 3.28. The van der Waals surface area contributed by atoms with Crippen molar-refractivity contribution in [3.05, 3.63) is 107 Å². The van der Waals surface area contributed by atoms with Crippen molar-refractivity contribution in [3.63, 3.8) is 0 Å². The Morgan fingerprint density at radius 3 is 2.21 bits per heavy atom. The molecule has 4 rings (SSSR count). The van der Waals surface area contributed by atoms with Gasteiger partial charge in [0.2, 0.25) is 0 Å². The van der Waals surface area contributed by atoms with Gasteiger partial charge in [0.15, 0.2) is 5.82 Å². The molecule has 1 N–H and O–H groups in total. The van der Waals surface area contributed by atoms with Gasteiger partial charge in [-0.3, -0.25) is 0 Å². The third-order valence-electron chi connectivity index (χ3n) is 4.93. The molecule has 0 bridgehead atoms. The zero-order chi connectivity index (χ0) is 24.3. The van der Waals surface area contributed by atoms with E-state index < -0.39 is 29.2 Å². The van der Waals surface area contributed by atoms with E-state index in [1.807, 2.05) is 18.2 Å². The van der Waals surface area contributed by atoms with Gasteiger partial charge in [0.1, 0.15) is 11.5 Å². The highest BCUT2D eigenvalue weighted by molar-refractivity contribution is 5.90. The largest absolute Gasteiger partial charge is 0.478 e. The molecule has 0 aliphatic heterocycles. The number of aromatic carboxylic acids is 1. The monoisotopic (exact) mass is 464 g/mol. The van der Waals surface area contributed by atoms with Crippen LogP contribution in [-0.2, 0) is 6.18 Å². The highest BCUT2D eigenvalue weighted by atomic mass is 19.4. The third kappa shape index (κ3) is 5.17. The molecular weight excluding hydrogens is 448 g/mol. The van der Waals surface area contributed by atoms with Crippen molar-refractivity contribution in [1.29, 1.82) is 0 Å². The van der Waals surface area contributed by atoms with E-state index in [0.29, 0.717) is 16.7 Å². The fourth-order valence-corrected chi connectivity index (χ4v) is 3.28. The topological polar surface area (TPSA) is 63.1 Å². The van der Waals surface area contributed by atoms with Crippen LogP contribution in [-0.4, -0.2) is 21.0 Å². The molecule has 0 atom stereocenters. The molecule has 1 heterocycles. The molecule has 0 unspecified atom stereocenters. The summed E-state index contributed by atoms with van der Waals surface area (Å²) >= 11 is 0. The maximum absolute atomic E-state index is 13.8. The number of halogens is 4. The summed E-state index contributed by atoms with van der Waals surface area (Å²) in [5, 5.41) is 9.17. The summed E-state index contributed by atoms with van der Waals surface area (Å²) in [5.74, 6) is -2.46. The number of carboxylic acid groups (broad SMARTS) is 1. The summed E-state index contributed by atoms with van der Waals surface area (Å²) in [5.41, 5.74) is 0.417. The van der Waals surface area contributed by atoms with Crippen LogP contribution in [0.1, 0.15) is 27.3 Å². The van der Waals surface area contributed by atoms with Crippen molar-refractivity contribution in [2.45, 2.75) is 6.18 Å². The van der Waals surface area contributed by atoms with Gasteiger partial charge in [-0.25, -0.2) is 19.2 Å². The van der Waals surface area contributed by atoms with E-state index in [1.165, 1.54) is 18.2 Å². The van der Waals surface area contributed by atoms with Gasteiger partial charge in [-0.05, 0) is 47.0 Å². The Morgan fingerprint density at radius 1 is 0.794 bits per heavy atom. The molecule has 0 radical (unpaired) electrons. The second kappa shape index (κ2) is 9.27. The number of rotatable bonds is 5. The third-order valence-corrected chi connectivity index (χ3v) is 4.93. The van der Waals surface area contributed by atoms with Crippen LogP contribution < -0.4 is 0 Å². The number of hydrogen-bond donors (Lipinski definition) is 1. The molecule has 34 heavy (non-hydrogen) atoms. The lowest BCUT2D eigenvalue weighted by atomic mass is 10.0.